The molecule has 0 saturated carbocycles. The maximum absolute atomic E-state index is 6.77. The SMILES string of the molecule is [C-]#CCCCO[Si](C)(C)C(C)(C)C.[Li+]. The molecule has 0 N–H and O–H groups in total. The van der Waals surface area contributed by atoms with Crippen LogP contribution in [-0.2, 0) is 4.43 Å². The molecule has 0 aliphatic heterocycles. The Morgan fingerprint density at radius 3 is 2.14 bits per heavy atom. The second-order valence-corrected chi connectivity index (χ2v) is 9.70. The summed E-state index contributed by atoms with van der Waals surface area (Å²) in [7, 11) is -1.54. The smallest absolute Gasteiger partial charge is 0.694 e. The Labute approximate surface area is 102 Å². The molecule has 0 spiro atoms. The van der Waals surface area contributed by atoms with Crippen molar-refractivity contribution in [2.45, 2.75) is 51.7 Å². The monoisotopic (exact) mass is 204 g/mol. The molecule has 0 rings (SSSR count). The van der Waals surface area contributed by atoms with Gasteiger partial charge < -0.3 is 16.8 Å². The van der Waals surface area contributed by atoms with E-state index in [0.29, 0.717) is 11.5 Å². The zero-order valence-corrected chi connectivity index (χ0v) is 11.5. The molecule has 0 aromatic rings. The fourth-order valence-electron chi connectivity index (χ4n) is 0.704. The molecule has 0 aromatic carbocycles. The summed E-state index contributed by atoms with van der Waals surface area (Å²) in [5.74, 6) is 2.38. The van der Waals surface area contributed by atoms with Crippen molar-refractivity contribution < 1.29 is 23.3 Å². The molecule has 0 fully saturated rings. The van der Waals surface area contributed by atoms with Gasteiger partial charge in [-0.15, -0.1) is 0 Å². The number of unbranched alkanes of at least 4 members (excludes halogenated alkanes) is 1. The Hall–Kier alpha value is 0.334. The summed E-state index contributed by atoms with van der Waals surface area (Å²) in [6.45, 7) is 12.0. The number of hydrogen-bond acceptors (Lipinski definition) is 1. The van der Waals surface area contributed by atoms with Gasteiger partial charge in [-0.3, -0.25) is 0 Å². The van der Waals surface area contributed by atoms with E-state index in [9.17, 15) is 0 Å². The first-order valence-corrected chi connectivity index (χ1v) is 7.75. The zero-order chi connectivity index (χ0) is 10.5. The Kier molecular flexibility index (Phi) is 8.08. The van der Waals surface area contributed by atoms with Gasteiger partial charge in [-0.05, 0) is 31.0 Å². The summed E-state index contributed by atoms with van der Waals surface area (Å²) in [5.41, 5.74) is 0. The van der Waals surface area contributed by atoms with Gasteiger partial charge in [0.2, 0.25) is 0 Å². The van der Waals surface area contributed by atoms with E-state index in [2.05, 4.69) is 39.8 Å². The molecular weight excluding hydrogens is 183 g/mol. The maximum Gasteiger partial charge on any atom is 1.00 e. The second kappa shape index (κ2) is 6.75. The van der Waals surface area contributed by atoms with Crippen LogP contribution < -0.4 is 18.9 Å². The van der Waals surface area contributed by atoms with Crippen LogP contribution in [0.5, 0.6) is 0 Å². The quantitative estimate of drug-likeness (QED) is 0.278. The van der Waals surface area contributed by atoms with Crippen LogP contribution in [-0.4, -0.2) is 14.9 Å². The average molecular weight is 204 g/mol. The van der Waals surface area contributed by atoms with Crippen LogP contribution in [0.1, 0.15) is 33.6 Å². The molecule has 0 radical (unpaired) electrons. The third kappa shape index (κ3) is 5.94. The molecule has 0 atom stereocenters. The summed E-state index contributed by atoms with van der Waals surface area (Å²) in [6.07, 6.45) is 8.41. The largest absolute Gasteiger partial charge is 1.00 e. The third-order valence-corrected chi connectivity index (χ3v) is 7.25. The molecular formula is C11H21LiOSi. The van der Waals surface area contributed by atoms with Gasteiger partial charge >= 0.3 is 18.9 Å². The zero-order valence-electron chi connectivity index (χ0n) is 10.5. The molecule has 0 amide bonds. The second-order valence-electron chi connectivity index (χ2n) is 4.89. The van der Waals surface area contributed by atoms with Crippen LogP contribution in [0.15, 0.2) is 0 Å². The average Bonchev–Trinajstić information content (AvgIpc) is 1.96. The molecule has 0 heterocycles. The van der Waals surface area contributed by atoms with Gasteiger partial charge in [0.1, 0.15) is 0 Å². The molecule has 0 unspecified atom stereocenters. The van der Waals surface area contributed by atoms with Gasteiger partial charge in [0, 0.05) is 6.61 Å². The minimum absolute atomic E-state index is 0. The summed E-state index contributed by atoms with van der Waals surface area (Å²) >= 11 is 0. The van der Waals surface area contributed by atoms with E-state index in [1.54, 1.807) is 0 Å². The van der Waals surface area contributed by atoms with E-state index in [4.69, 9.17) is 10.8 Å². The van der Waals surface area contributed by atoms with Crippen LogP contribution in [0.3, 0.4) is 0 Å². The first-order chi connectivity index (χ1) is 5.81. The predicted molar refractivity (Wildman–Crippen MR) is 59.5 cm³/mol. The van der Waals surface area contributed by atoms with Crippen LogP contribution in [0.4, 0.5) is 0 Å². The van der Waals surface area contributed by atoms with Gasteiger partial charge in [-0.2, -0.15) is 0 Å². The summed E-state index contributed by atoms with van der Waals surface area (Å²) in [4.78, 5) is 0. The predicted octanol–water partition coefficient (Wildman–Crippen LogP) is 0.382. The minimum Gasteiger partial charge on any atom is -0.694 e. The van der Waals surface area contributed by atoms with Gasteiger partial charge in [-0.1, -0.05) is 20.8 Å². The molecule has 76 valence electrons. The van der Waals surface area contributed by atoms with Crippen molar-refractivity contribution in [3.05, 3.63) is 6.42 Å². The molecule has 3 heteroatoms. The number of rotatable bonds is 4. The van der Waals surface area contributed by atoms with E-state index in [1.807, 2.05) is 0 Å². The fraction of sp³-hybridized carbons (Fsp3) is 0.818. The van der Waals surface area contributed by atoms with Gasteiger partial charge in [0.15, 0.2) is 8.32 Å². The van der Waals surface area contributed by atoms with E-state index in [0.717, 1.165) is 13.0 Å². The van der Waals surface area contributed by atoms with E-state index >= 15 is 0 Å². The topological polar surface area (TPSA) is 9.23 Å². The van der Waals surface area contributed by atoms with Crippen molar-refractivity contribution in [2.24, 2.45) is 0 Å². The Bertz CT molecular complexity index is 188. The standard InChI is InChI=1S/C11H21OSi.Li/c1-7-8-9-10-12-13(5,6)11(2,3)4;/h8-10H2,2-6H3;/q-1;+1. The third-order valence-electron chi connectivity index (χ3n) is 2.72. The fourth-order valence-corrected chi connectivity index (χ4v) is 1.79. The Morgan fingerprint density at radius 1 is 1.29 bits per heavy atom. The van der Waals surface area contributed by atoms with Crippen LogP contribution in [0.2, 0.25) is 18.1 Å². The normalized spacial score (nSPS) is 11.7. The van der Waals surface area contributed by atoms with Gasteiger partial charge in [-0.25, -0.2) is 0 Å². The summed E-state index contributed by atoms with van der Waals surface area (Å²) < 4.78 is 5.91. The van der Waals surface area contributed by atoms with E-state index in [-0.39, 0.29) is 18.9 Å². The van der Waals surface area contributed by atoms with Gasteiger partial charge in [0.25, 0.3) is 0 Å². The Balaban J connectivity index is 0. The molecule has 0 aliphatic carbocycles. The van der Waals surface area contributed by atoms with Crippen LogP contribution in [0.25, 0.3) is 0 Å². The Morgan fingerprint density at radius 2 is 1.79 bits per heavy atom. The molecule has 0 aromatic heterocycles. The van der Waals surface area contributed by atoms with Crippen molar-refractivity contribution in [1.82, 2.24) is 0 Å². The van der Waals surface area contributed by atoms with Crippen molar-refractivity contribution in [2.75, 3.05) is 6.61 Å². The maximum atomic E-state index is 6.77. The van der Waals surface area contributed by atoms with Crippen molar-refractivity contribution >= 4 is 8.32 Å². The summed E-state index contributed by atoms with van der Waals surface area (Å²) in [6, 6.07) is 0. The first kappa shape index (κ1) is 16.8. The number of hydrogen-bond donors (Lipinski definition) is 0. The molecule has 14 heavy (non-hydrogen) atoms. The van der Waals surface area contributed by atoms with Crippen molar-refractivity contribution in [3.63, 3.8) is 0 Å². The minimum atomic E-state index is -1.54. The van der Waals surface area contributed by atoms with Crippen molar-refractivity contribution in [3.8, 4) is 5.92 Å². The molecule has 0 aliphatic rings. The van der Waals surface area contributed by atoms with Crippen molar-refractivity contribution in [1.29, 1.82) is 0 Å². The first-order valence-electron chi connectivity index (χ1n) is 4.85. The molecule has 0 saturated heterocycles. The summed E-state index contributed by atoms with van der Waals surface area (Å²) in [5, 5.41) is 0.293. The molecule has 1 nitrogen and oxygen atoms in total. The molecule has 0 bridgehead atoms. The van der Waals surface area contributed by atoms with E-state index < -0.39 is 8.32 Å². The van der Waals surface area contributed by atoms with Crippen LogP contribution >= 0.6 is 0 Å². The van der Waals surface area contributed by atoms with E-state index in [1.165, 1.54) is 0 Å². The van der Waals surface area contributed by atoms with Crippen LogP contribution in [0, 0.1) is 12.3 Å². The van der Waals surface area contributed by atoms with Gasteiger partial charge in [0.05, 0.1) is 0 Å².